The monoisotopic (exact) mass is 514 g/mol. The number of dihydropyridines is 1. The molecule has 37 heavy (non-hydrogen) atoms. The molecule has 0 bridgehead atoms. The van der Waals surface area contributed by atoms with Gasteiger partial charge in [0.1, 0.15) is 11.5 Å². The summed E-state index contributed by atoms with van der Waals surface area (Å²) in [5.74, 6) is -0.168. The molecule has 9 heteroatoms. The molecule has 0 spiro atoms. The predicted octanol–water partition coefficient (Wildman–Crippen LogP) is 5.30. The fourth-order valence-electron chi connectivity index (χ4n) is 4.01. The van der Waals surface area contributed by atoms with Gasteiger partial charge >= 0.3 is 0 Å². The Morgan fingerprint density at radius 3 is 2.62 bits per heavy atom. The SMILES string of the molecule is COc1cccc(NC(=O)CSC2=C(C#N)[C@H](c3ccco3)C(C(=O)Nc3ccccc3C)=C(C)N2)c1. The number of carbonyl (C=O) groups excluding carboxylic acids is 2. The predicted molar refractivity (Wildman–Crippen MR) is 144 cm³/mol. The third kappa shape index (κ3) is 5.88. The van der Waals surface area contributed by atoms with Crippen molar-refractivity contribution in [3.05, 3.63) is 100 Å². The molecule has 2 amide bonds. The van der Waals surface area contributed by atoms with Crippen molar-refractivity contribution in [1.82, 2.24) is 5.32 Å². The summed E-state index contributed by atoms with van der Waals surface area (Å²) in [6.07, 6.45) is 1.51. The molecule has 2 aromatic carbocycles. The van der Waals surface area contributed by atoms with E-state index in [0.29, 0.717) is 44.8 Å². The molecule has 8 nitrogen and oxygen atoms in total. The van der Waals surface area contributed by atoms with E-state index in [9.17, 15) is 14.9 Å². The molecule has 1 atom stereocenters. The third-order valence-electron chi connectivity index (χ3n) is 5.81. The fourth-order valence-corrected chi connectivity index (χ4v) is 4.90. The standard InChI is InChI=1S/C28H26N4O4S/c1-17-8-4-5-11-22(17)32-27(34)25-18(2)30-28(21(15-29)26(25)23-12-7-13-36-23)37-16-24(33)31-19-9-6-10-20(14-19)35-3/h4-14,26,30H,16H2,1-3H3,(H,31,33)(H,32,34)/t26-/m1/s1. The van der Waals surface area contributed by atoms with E-state index >= 15 is 0 Å². The number of nitrogens with one attached hydrogen (secondary N) is 3. The number of methoxy groups -OCH3 is 1. The van der Waals surface area contributed by atoms with Crippen molar-refractivity contribution in [1.29, 1.82) is 5.26 Å². The summed E-state index contributed by atoms with van der Waals surface area (Å²) in [7, 11) is 1.56. The van der Waals surface area contributed by atoms with Crippen LogP contribution in [0.1, 0.15) is 24.2 Å². The quantitative estimate of drug-likeness (QED) is 0.373. The number of para-hydroxylation sites is 1. The summed E-state index contributed by atoms with van der Waals surface area (Å²) in [4.78, 5) is 26.1. The molecule has 3 N–H and O–H groups in total. The van der Waals surface area contributed by atoms with Gasteiger partial charge in [0, 0.05) is 23.1 Å². The number of anilines is 2. The van der Waals surface area contributed by atoms with Crippen LogP contribution >= 0.6 is 11.8 Å². The van der Waals surface area contributed by atoms with E-state index in [1.807, 2.05) is 31.2 Å². The smallest absolute Gasteiger partial charge is 0.254 e. The average molecular weight is 515 g/mol. The van der Waals surface area contributed by atoms with Gasteiger partial charge in [-0.25, -0.2) is 0 Å². The summed E-state index contributed by atoms with van der Waals surface area (Å²) in [5.41, 5.74) is 3.46. The first-order valence-electron chi connectivity index (χ1n) is 11.5. The van der Waals surface area contributed by atoms with Crippen molar-refractivity contribution in [3.63, 3.8) is 0 Å². The Morgan fingerprint density at radius 2 is 1.92 bits per heavy atom. The number of thioether (sulfide) groups is 1. The van der Waals surface area contributed by atoms with E-state index in [0.717, 1.165) is 5.56 Å². The molecule has 0 aliphatic carbocycles. The fraction of sp³-hybridized carbons (Fsp3) is 0.179. The zero-order valence-corrected chi connectivity index (χ0v) is 21.4. The second-order valence-corrected chi connectivity index (χ2v) is 9.29. The average Bonchev–Trinajstić information content (AvgIpc) is 3.43. The van der Waals surface area contributed by atoms with E-state index in [1.165, 1.54) is 18.0 Å². The van der Waals surface area contributed by atoms with Gasteiger partial charge in [0.2, 0.25) is 5.91 Å². The lowest BCUT2D eigenvalue weighted by Gasteiger charge is -2.28. The lowest BCUT2D eigenvalue weighted by Crippen LogP contribution is -2.31. The normalized spacial score (nSPS) is 15.0. The van der Waals surface area contributed by atoms with Crippen molar-refractivity contribution in [2.75, 3.05) is 23.5 Å². The molecule has 0 saturated carbocycles. The van der Waals surface area contributed by atoms with Crippen molar-refractivity contribution >= 4 is 35.0 Å². The Morgan fingerprint density at radius 1 is 1.11 bits per heavy atom. The van der Waals surface area contributed by atoms with Gasteiger partial charge in [-0.1, -0.05) is 36.0 Å². The highest BCUT2D eigenvalue weighted by Gasteiger charge is 2.36. The van der Waals surface area contributed by atoms with Gasteiger partial charge in [-0.05, 0) is 49.7 Å². The number of aryl methyl sites for hydroxylation is 1. The molecule has 3 aromatic rings. The summed E-state index contributed by atoms with van der Waals surface area (Å²) < 4.78 is 10.9. The second kappa shape index (κ2) is 11.5. The van der Waals surface area contributed by atoms with Crippen LogP contribution in [0, 0.1) is 18.3 Å². The molecule has 0 saturated heterocycles. The van der Waals surface area contributed by atoms with Crippen LogP contribution in [-0.2, 0) is 9.59 Å². The van der Waals surface area contributed by atoms with Gasteiger partial charge in [-0.3, -0.25) is 9.59 Å². The molecular formula is C28H26N4O4S. The number of amides is 2. The number of hydrogen-bond donors (Lipinski definition) is 3. The lowest BCUT2D eigenvalue weighted by molar-refractivity contribution is -0.114. The van der Waals surface area contributed by atoms with Gasteiger partial charge in [0.15, 0.2) is 0 Å². The first kappa shape index (κ1) is 25.7. The summed E-state index contributed by atoms with van der Waals surface area (Å²) in [6, 6.07) is 20.2. The molecule has 1 aliphatic heterocycles. The molecule has 0 radical (unpaired) electrons. The maximum atomic E-state index is 13.5. The third-order valence-corrected chi connectivity index (χ3v) is 6.83. The Balaban J connectivity index is 1.57. The van der Waals surface area contributed by atoms with Crippen LogP contribution in [0.3, 0.4) is 0 Å². The maximum Gasteiger partial charge on any atom is 0.254 e. The van der Waals surface area contributed by atoms with Gasteiger partial charge in [-0.15, -0.1) is 0 Å². The van der Waals surface area contributed by atoms with Crippen molar-refractivity contribution in [2.24, 2.45) is 0 Å². The first-order valence-corrected chi connectivity index (χ1v) is 12.5. The maximum absolute atomic E-state index is 13.5. The van der Waals surface area contributed by atoms with E-state index in [-0.39, 0.29) is 17.6 Å². The van der Waals surface area contributed by atoms with Crippen molar-refractivity contribution in [3.8, 4) is 11.8 Å². The van der Waals surface area contributed by atoms with Gasteiger partial charge in [0.05, 0.1) is 47.3 Å². The molecule has 0 unspecified atom stereocenters. The second-order valence-electron chi connectivity index (χ2n) is 8.30. The van der Waals surface area contributed by atoms with Crippen LogP contribution in [0.25, 0.3) is 0 Å². The number of nitriles is 1. The highest BCUT2D eigenvalue weighted by molar-refractivity contribution is 8.03. The molecule has 2 heterocycles. The number of nitrogens with zero attached hydrogens (tertiary/aromatic N) is 1. The van der Waals surface area contributed by atoms with E-state index in [2.05, 4.69) is 22.0 Å². The van der Waals surface area contributed by atoms with Crippen LogP contribution in [0.2, 0.25) is 0 Å². The summed E-state index contributed by atoms with van der Waals surface area (Å²) >= 11 is 1.19. The highest BCUT2D eigenvalue weighted by Crippen LogP contribution is 2.41. The van der Waals surface area contributed by atoms with Crippen LogP contribution in [0.15, 0.2) is 93.2 Å². The minimum Gasteiger partial charge on any atom is -0.497 e. The number of hydrogen-bond acceptors (Lipinski definition) is 7. The van der Waals surface area contributed by atoms with Gasteiger partial charge < -0.3 is 25.1 Å². The number of furan rings is 1. The Kier molecular flexibility index (Phi) is 8.01. The molecule has 1 aromatic heterocycles. The Hall–Kier alpha value is -4.42. The molecule has 0 fully saturated rings. The topological polar surface area (TPSA) is 116 Å². The summed E-state index contributed by atoms with van der Waals surface area (Å²) in [5, 5.41) is 19.6. The number of ether oxygens (including phenoxy) is 1. The molecule has 4 rings (SSSR count). The minimum atomic E-state index is -0.728. The first-order chi connectivity index (χ1) is 17.9. The number of benzene rings is 2. The Bertz CT molecular complexity index is 1420. The number of carbonyl (C=O) groups is 2. The van der Waals surface area contributed by atoms with Crippen LogP contribution in [-0.4, -0.2) is 24.7 Å². The minimum absolute atomic E-state index is 0.0492. The van der Waals surface area contributed by atoms with E-state index in [1.54, 1.807) is 50.4 Å². The molecule has 188 valence electrons. The van der Waals surface area contributed by atoms with Crippen molar-refractivity contribution in [2.45, 2.75) is 19.8 Å². The zero-order chi connectivity index (χ0) is 26.4. The highest BCUT2D eigenvalue weighted by atomic mass is 32.2. The van der Waals surface area contributed by atoms with E-state index in [4.69, 9.17) is 9.15 Å². The molecular weight excluding hydrogens is 488 g/mol. The van der Waals surface area contributed by atoms with Gasteiger partial charge in [-0.2, -0.15) is 5.26 Å². The number of rotatable bonds is 8. The van der Waals surface area contributed by atoms with Crippen LogP contribution in [0.5, 0.6) is 5.75 Å². The van der Waals surface area contributed by atoms with E-state index < -0.39 is 5.92 Å². The van der Waals surface area contributed by atoms with Crippen LogP contribution < -0.4 is 20.7 Å². The zero-order valence-electron chi connectivity index (χ0n) is 20.6. The van der Waals surface area contributed by atoms with Crippen molar-refractivity contribution < 1.29 is 18.7 Å². The Labute approximate surface area is 219 Å². The largest absolute Gasteiger partial charge is 0.497 e. The number of allylic oxidation sites excluding steroid dienone is 2. The van der Waals surface area contributed by atoms with Crippen LogP contribution in [0.4, 0.5) is 11.4 Å². The lowest BCUT2D eigenvalue weighted by atomic mass is 9.85. The summed E-state index contributed by atoms with van der Waals surface area (Å²) in [6.45, 7) is 3.68. The molecule has 1 aliphatic rings. The van der Waals surface area contributed by atoms with Gasteiger partial charge in [0.25, 0.3) is 5.91 Å².